The minimum atomic E-state index is -0.138. The molecule has 24 heavy (non-hydrogen) atoms. The Balaban J connectivity index is 1.81. The highest BCUT2D eigenvalue weighted by Crippen LogP contribution is 2.08. The maximum atomic E-state index is 12.4. The fraction of sp³-hybridized carbons (Fsp3) is 0.800. The first-order chi connectivity index (χ1) is 11.6. The van der Waals surface area contributed by atoms with Crippen LogP contribution in [0.2, 0.25) is 0 Å². The molecule has 9 heteroatoms. The van der Waals surface area contributed by atoms with Crippen LogP contribution in [0.4, 0.5) is 4.79 Å². The second-order valence-corrected chi connectivity index (χ2v) is 6.16. The highest BCUT2D eigenvalue weighted by molar-refractivity contribution is 5.74. The van der Waals surface area contributed by atoms with E-state index in [4.69, 9.17) is 14.0 Å². The summed E-state index contributed by atoms with van der Waals surface area (Å²) >= 11 is 0. The largest absolute Gasteiger partial charge is 0.384 e. The Morgan fingerprint density at radius 1 is 1.50 bits per heavy atom. The molecular formula is C15H27N5O4. The number of carbonyl (C=O) groups is 1. The number of nitrogens with zero attached hydrogens (tertiary/aromatic N) is 4. The van der Waals surface area contributed by atoms with Crippen molar-refractivity contribution in [2.24, 2.45) is 5.92 Å². The Hall–Kier alpha value is -1.71. The smallest absolute Gasteiger partial charge is 0.317 e. The fourth-order valence-electron chi connectivity index (χ4n) is 2.61. The number of rotatable bonds is 7. The van der Waals surface area contributed by atoms with Crippen LogP contribution < -0.4 is 5.32 Å². The van der Waals surface area contributed by atoms with Crippen LogP contribution in [0.15, 0.2) is 4.52 Å². The van der Waals surface area contributed by atoms with E-state index in [-0.39, 0.29) is 12.6 Å². The van der Waals surface area contributed by atoms with Crippen LogP contribution in [0.5, 0.6) is 0 Å². The van der Waals surface area contributed by atoms with E-state index < -0.39 is 0 Å². The minimum absolute atomic E-state index is 0.138. The summed E-state index contributed by atoms with van der Waals surface area (Å²) in [6.45, 7) is 4.12. The number of urea groups is 1. The van der Waals surface area contributed by atoms with E-state index in [9.17, 15) is 4.79 Å². The lowest BCUT2D eigenvalue weighted by Gasteiger charge is -2.25. The predicted molar refractivity (Wildman–Crippen MR) is 86.5 cm³/mol. The summed E-state index contributed by atoms with van der Waals surface area (Å²) in [5.74, 6) is 1.28. The van der Waals surface area contributed by atoms with E-state index in [1.807, 2.05) is 14.1 Å². The van der Waals surface area contributed by atoms with Gasteiger partial charge in [-0.15, -0.1) is 0 Å². The van der Waals surface area contributed by atoms with Gasteiger partial charge in [-0.05, 0) is 14.1 Å². The van der Waals surface area contributed by atoms with Gasteiger partial charge in [0.2, 0.25) is 5.89 Å². The molecule has 1 aromatic heterocycles. The van der Waals surface area contributed by atoms with E-state index in [0.717, 1.165) is 6.54 Å². The predicted octanol–water partition coefficient (Wildman–Crippen LogP) is -0.0219. The molecule has 9 nitrogen and oxygen atoms in total. The van der Waals surface area contributed by atoms with E-state index in [0.29, 0.717) is 57.0 Å². The third-order valence-electron chi connectivity index (χ3n) is 3.68. The molecule has 0 bridgehead atoms. The molecular weight excluding hydrogens is 314 g/mol. The average molecular weight is 341 g/mol. The zero-order valence-corrected chi connectivity index (χ0v) is 14.7. The molecule has 0 aliphatic carbocycles. The van der Waals surface area contributed by atoms with Crippen LogP contribution in [0, 0.1) is 5.92 Å². The first-order valence-corrected chi connectivity index (χ1v) is 8.14. The van der Waals surface area contributed by atoms with Crippen molar-refractivity contribution in [3.8, 4) is 0 Å². The molecule has 1 aliphatic rings. The van der Waals surface area contributed by atoms with Crippen molar-refractivity contribution in [2.75, 3.05) is 60.7 Å². The van der Waals surface area contributed by atoms with Crippen LogP contribution in [-0.4, -0.2) is 86.6 Å². The van der Waals surface area contributed by atoms with E-state index in [1.165, 1.54) is 0 Å². The van der Waals surface area contributed by atoms with E-state index in [2.05, 4.69) is 20.4 Å². The second-order valence-electron chi connectivity index (χ2n) is 6.16. The molecule has 1 unspecified atom stereocenters. The average Bonchev–Trinajstić information content (AvgIpc) is 2.88. The van der Waals surface area contributed by atoms with Gasteiger partial charge in [0.15, 0.2) is 5.82 Å². The zero-order valence-electron chi connectivity index (χ0n) is 14.7. The monoisotopic (exact) mass is 341 g/mol. The lowest BCUT2D eigenvalue weighted by Crippen LogP contribution is -2.44. The lowest BCUT2D eigenvalue weighted by atomic mass is 10.1. The van der Waals surface area contributed by atoms with Gasteiger partial charge in [-0.1, -0.05) is 5.16 Å². The van der Waals surface area contributed by atoms with Gasteiger partial charge in [0, 0.05) is 39.1 Å². The molecule has 1 fully saturated rings. The molecule has 1 atom stereocenters. The maximum Gasteiger partial charge on any atom is 0.317 e. The summed E-state index contributed by atoms with van der Waals surface area (Å²) in [6.07, 6.45) is 0.587. The van der Waals surface area contributed by atoms with Crippen LogP contribution in [0.1, 0.15) is 11.7 Å². The fourth-order valence-corrected chi connectivity index (χ4v) is 2.61. The summed E-state index contributed by atoms with van der Waals surface area (Å²) in [4.78, 5) is 20.5. The normalized spacial score (nSPS) is 18.7. The van der Waals surface area contributed by atoms with Crippen molar-refractivity contribution in [3.63, 3.8) is 0 Å². The topological polar surface area (TPSA) is 93.0 Å². The molecule has 1 aromatic rings. The number of amides is 2. The van der Waals surface area contributed by atoms with Crippen molar-refractivity contribution in [2.45, 2.75) is 13.0 Å². The summed E-state index contributed by atoms with van der Waals surface area (Å²) in [6, 6.07) is -0.138. The Bertz CT molecular complexity index is 508. The number of methoxy groups -OCH3 is 1. The Morgan fingerprint density at radius 3 is 3.08 bits per heavy atom. The molecule has 1 aliphatic heterocycles. The van der Waals surface area contributed by atoms with Crippen LogP contribution in [-0.2, 0) is 22.4 Å². The molecule has 2 heterocycles. The SMILES string of the molecule is COCCc1noc(CNC(=O)N2CCOCC(CN(C)C)C2)n1. The molecule has 2 rings (SSSR count). The van der Waals surface area contributed by atoms with Crippen molar-refractivity contribution in [1.82, 2.24) is 25.3 Å². The molecule has 0 aromatic carbocycles. The van der Waals surface area contributed by atoms with Gasteiger partial charge >= 0.3 is 6.03 Å². The molecule has 0 spiro atoms. The highest BCUT2D eigenvalue weighted by atomic mass is 16.5. The number of hydrogen-bond acceptors (Lipinski definition) is 7. The summed E-state index contributed by atoms with van der Waals surface area (Å²) in [5.41, 5.74) is 0. The molecule has 136 valence electrons. The number of hydrogen-bond donors (Lipinski definition) is 1. The number of carbonyl (C=O) groups excluding carboxylic acids is 1. The van der Waals surface area contributed by atoms with Gasteiger partial charge < -0.3 is 29.1 Å². The molecule has 1 saturated heterocycles. The molecule has 2 amide bonds. The van der Waals surface area contributed by atoms with Gasteiger partial charge in [0.05, 0.1) is 26.4 Å². The third-order valence-corrected chi connectivity index (χ3v) is 3.68. The van der Waals surface area contributed by atoms with Gasteiger partial charge in [0.1, 0.15) is 0 Å². The standard InChI is InChI=1S/C15H27N5O4/c1-19(2)9-12-10-20(5-7-23-11-12)15(21)16-8-14-17-13(18-24-14)4-6-22-3/h12H,4-11H2,1-3H3,(H,16,21). The molecule has 0 radical (unpaired) electrons. The van der Waals surface area contributed by atoms with Crippen LogP contribution >= 0.6 is 0 Å². The Morgan fingerprint density at radius 2 is 2.33 bits per heavy atom. The third kappa shape index (κ3) is 6.06. The molecule has 1 N–H and O–H groups in total. The summed E-state index contributed by atoms with van der Waals surface area (Å²) in [5, 5.41) is 6.68. The maximum absolute atomic E-state index is 12.4. The minimum Gasteiger partial charge on any atom is -0.384 e. The second kappa shape index (κ2) is 9.55. The van der Waals surface area contributed by atoms with Crippen molar-refractivity contribution in [3.05, 3.63) is 11.7 Å². The summed E-state index contributed by atoms with van der Waals surface area (Å²) < 4.78 is 15.7. The lowest BCUT2D eigenvalue weighted by molar-refractivity contribution is 0.112. The van der Waals surface area contributed by atoms with Crippen molar-refractivity contribution in [1.29, 1.82) is 0 Å². The van der Waals surface area contributed by atoms with E-state index in [1.54, 1.807) is 12.0 Å². The summed E-state index contributed by atoms with van der Waals surface area (Å²) in [7, 11) is 5.66. The highest BCUT2D eigenvalue weighted by Gasteiger charge is 2.23. The number of nitrogens with one attached hydrogen (secondary N) is 1. The van der Waals surface area contributed by atoms with Gasteiger partial charge in [-0.25, -0.2) is 4.79 Å². The number of aromatic nitrogens is 2. The van der Waals surface area contributed by atoms with Crippen LogP contribution in [0.25, 0.3) is 0 Å². The zero-order chi connectivity index (χ0) is 17.4. The quantitative estimate of drug-likeness (QED) is 0.745. The van der Waals surface area contributed by atoms with Gasteiger partial charge in [-0.2, -0.15) is 4.98 Å². The first-order valence-electron chi connectivity index (χ1n) is 8.14. The van der Waals surface area contributed by atoms with Crippen molar-refractivity contribution >= 4 is 6.03 Å². The number of ether oxygens (including phenoxy) is 2. The molecule has 0 saturated carbocycles. The Labute approximate surface area is 142 Å². The van der Waals surface area contributed by atoms with Crippen molar-refractivity contribution < 1.29 is 18.8 Å². The first kappa shape index (κ1) is 18.6. The van der Waals surface area contributed by atoms with Crippen LogP contribution in [0.3, 0.4) is 0 Å². The van der Waals surface area contributed by atoms with E-state index >= 15 is 0 Å². The van der Waals surface area contributed by atoms with Gasteiger partial charge in [-0.3, -0.25) is 0 Å². The Kier molecular flexibility index (Phi) is 7.41. The van der Waals surface area contributed by atoms with Gasteiger partial charge in [0.25, 0.3) is 0 Å².